The molecule has 0 spiro atoms. The van der Waals surface area contributed by atoms with Gasteiger partial charge < -0.3 is 23.8 Å². The molecule has 0 saturated carbocycles. The van der Waals surface area contributed by atoms with E-state index in [9.17, 15) is 32.8 Å². The Kier molecular flexibility index (Phi) is 30.0. The van der Waals surface area contributed by atoms with Crippen molar-refractivity contribution in [3.8, 4) is 46.0 Å². The van der Waals surface area contributed by atoms with E-state index in [4.69, 9.17) is 30.5 Å². The van der Waals surface area contributed by atoms with Gasteiger partial charge in [0.15, 0.2) is 34.7 Å². The first-order valence-corrected chi connectivity index (χ1v) is 37.1. The Balaban J connectivity index is 0.000000143. The van der Waals surface area contributed by atoms with Crippen molar-refractivity contribution in [2.75, 3.05) is 11.9 Å². The van der Waals surface area contributed by atoms with E-state index in [1.54, 1.807) is 146 Å². The minimum Gasteiger partial charge on any atom is -0.456 e. The minimum atomic E-state index is -0.551. The number of ether oxygens (including phenoxy) is 4. The molecule has 10 aromatic heterocycles. The zero-order chi connectivity index (χ0) is 81.4. The summed E-state index contributed by atoms with van der Waals surface area (Å²) >= 11 is 7.62. The van der Waals surface area contributed by atoms with Crippen LogP contribution >= 0.6 is 22.9 Å². The third-order valence-corrected chi connectivity index (χ3v) is 17.4. The number of Topliss-reactive ketones (excluding diaryl/α,β-unsaturated/α-hetero) is 5. The number of aryl methyl sites for hydroxylation is 3. The highest BCUT2D eigenvalue weighted by Crippen LogP contribution is 2.30. The van der Waals surface area contributed by atoms with Crippen LogP contribution in [0.4, 0.5) is 20.2 Å². The average molecular weight is 1590 g/mol. The molecule has 0 N–H and O–H groups in total. The maximum absolute atomic E-state index is 13.8. The van der Waals surface area contributed by atoms with Crippen molar-refractivity contribution in [3.63, 3.8) is 0 Å². The van der Waals surface area contributed by atoms with Crippen molar-refractivity contribution in [3.05, 3.63) is 394 Å². The summed E-state index contributed by atoms with van der Waals surface area (Å²) in [4.78, 5) is 112. The first kappa shape index (κ1) is 82.4. The van der Waals surface area contributed by atoms with Crippen LogP contribution in [-0.2, 0) is 32.1 Å². The maximum atomic E-state index is 13.8. The number of rotatable bonds is 25. The van der Waals surface area contributed by atoms with Crippen LogP contribution in [0, 0.1) is 32.4 Å². The van der Waals surface area contributed by atoms with Gasteiger partial charge in [0.05, 0.1) is 81.2 Å². The van der Waals surface area contributed by atoms with Crippen LogP contribution in [0.1, 0.15) is 96.4 Å². The number of nitrogens with zero attached hydrogens (tertiary/aromatic N) is 13. The molecule has 0 aliphatic rings. The van der Waals surface area contributed by atoms with Gasteiger partial charge in [0.2, 0.25) is 0 Å². The summed E-state index contributed by atoms with van der Waals surface area (Å²) in [6, 6.07) is 56.7. The van der Waals surface area contributed by atoms with Gasteiger partial charge in [-0.2, -0.15) is 0 Å². The summed E-state index contributed by atoms with van der Waals surface area (Å²) in [7, 11) is 1.88. The number of pyridine rings is 7. The molecule has 0 bridgehead atoms. The van der Waals surface area contributed by atoms with E-state index < -0.39 is 11.6 Å². The lowest BCUT2D eigenvalue weighted by atomic mass is 10.0. The summed E-state index contributed by atoms with van der Waals surface area (Å²) in [5.74, 6) is 2.29. The monoisotopic (exact) mass is 1580 g/mol. The molecular weight excluding hydrogens is 1510 g/mol. The molecule has 578 valence electrons. The van der Waals surface area contributed by atoms with Crippen molar-refractivity contribution in [1.82, 2.24) is 59.8 Å². The van der Waals surface area contributed by atoms with E-state index in [1.807, 2.05) is 124 Å². The van der Waals surface area contributed by atoms with Gasteiger partial charge in [-0.25, -0.2) is 33.7 Å². The van der Waals surface area contributed by atoms with E-state index in [0.717, 1.165) is 45.3 Å². The number of hydrogen-bond acceptors (Lipinski definition) is 23. The lowest BCUT2D eigenvalue weighted by Gasteiger charge is -2.19. The van der Waals surface area contributed by atoms with Gasteiger partial charge in [0, 0.05) is 135 Å². The van der Waals surface area contributed by atoms with Crippen molar-refractivity contribution in [2.45, 2.75) is 52.9 Å². The first-order valence-electron chi connectivity index (χ1n) is 35.8. The summed E-state index contributed by atoms with van der Waals surface area (Å²) in [5.41, 5.74) is 9.73. The van der Waals surface area contributed by atoms with E-state index in [0.29, 0.717) is 66.9 Å². The van der Waals surface area contributed by atoms with Crippen LogP contribution in [0.2, 0.25) is 5.02 Å². The van der Waals surface area contributed by atoms with Crippen LogP contribution < -0.4 is 23.8 Å². The van der Waals surface area contributed by atoms with Gasteiger partial charge in [-0.15, -0.1) is 11.3 Å². The Bertz CT molecular complexity index is 5730. The number of halogens is 3. The molecule has 15 rings (SSSR count). The predicted molar refractivity (Wildman–Crippen MR) is 436 cm³/mol. The number of anilines is 2. The second-order valence-corrected chi connectivity index (χ2v) is 26.9. The number of carbonyl (C=O) groups excluding carboxylic acids is 5. The average Bonchev–Trinajstić information content (AvgIpc) is 0.870. The van der Waals surface area contributed by atoms with Crippen LogP contribution in [0.15, 0.2) is 305 Å². The predicted octanol–water partition coefficient (Wildman–Crippen LogP) is 19.2. The van der Waals surface area contributed by atoms with E-state index in [1.165, 1.54) is 79.0 Å². The number of hydrogen-bond donors (Lipinski definition) is 0. The molecule has 0 saturated heterocycles. The molecule has 10 heterocycles. The highest BCUT2D eigenvalue weighted by atomic mass is 35.5. The quantitative estimate of drug-likeness (QED) is 0.0481. The minimum absolute atomic E-state index is 0.00957. The van der Waals surface area contributed by atoms with Gasteiger partial charge in [0.1, 0.15) is 69.5 Å². The van der Waals surface area contributed by atoms with Crippen molar-refractivity contribution in [2.24, 2.45) is 0 Å². The molecule has 0 unspecified atom stereocenters. The molecule has 0 aliphatic carbocycles. The van der Waals surface area contributed by atoms with Gasteiger partial charge in [-0.3, -0.25) is 58.9 Å². The number of thiazole rings is 1. The number of carbonyl (C=O) groups is 5. The molecule has 0 aliphatic heterocycles. The van der Waals surface area contributed by atoms with Gasteiger partial charge in [0.25, 0.3) is 0 Å². The van der Waals surface area contributed by atoms with Crippen LogP contribution in [0.5, 0.6) is 46.0 Å². The Hall–Kier alpha value is -14.6. The topological polar surface area (TPSA) is 280 Å². The molecule has 26 heteroatoms. The zero-order valence-electron chi connectivity index (χ0n) is 62.9. The van der Waals surface area contributed by atoms with E-state index in [-0.39, 0.29) is 83.6 Å². The Labute approximate surface area is 675 Å². The summed E-state index contributed by atoms with van der Waals surface area (Å²) in [5, 5.41) is 3.00. The zero-order valence-corrected chi connectivity index (χ0v) is 64.5. The Morgan fingerprint density at radius 3 is 1.27 bits per heavy atom. The van der Waals surface area contributed by atoms with Crippen LogP contribution in [-0.4, -0.2) is 95.8 Å². The molecule has 0 radical (unpaired) electrons. The fourth-order valence-electron chi connectivity index (χ4n) is 10.7. The molecule has 116 heavy (non-hydrogen) atoms. The number of aromatic nitrogens is 12. The molecule has 0 fully saturated rings. The molecule has 0 amide bonds. The first-order chi connectivity index (χ1) is 56.3. The molecule has 0 atom stereocenters. The SMILES string of the molecule is Cc1ccc(CC(=O)c2cc(Cl)cc(N(C)c3cncnc3)c2)nc1.Cc1ccc(CC(=O)c2cc(F)cc(Oc3cncnc3)c2)nc1.Cc1cccc(CC(=O)c2cccc(Oc3cccnc3)c2)n1.O=C(Cc1ccccn1)c1cccc(Oc2cccnc2)c1.O=C(Cc1nccs1)c1cc(F)cc(Oc2cccnc2)c1. The largest absolute Gasteiger partial charge is 0.456 e. The maximum Gasteiger partial charge on any atom is 0.169 e. The smallest absolute Gasteiger partial charge is 0.169 e. The van der Waals surface area contributed by atoms with Gasteiger partial charge in [-0.1, -0.05) is 60.1 Å². The lowest BCUT2D eigenvalue weighted by molar-refractivity contribution is 0.0983. The summed E-state index contributed by atoms with van der Waals surface area (Å²) in [6.45, 7) is 5.80. The fourth-order valence-corrected chi connectivity index (χ4v) is 11.6. The fraction of sp³-hybridized carbons (Fsp3) is 0.100. The van der Waals surface area contributed by atoms with Crippen LogP contribution in [0.3, 0.4) is 0 Å². The summed E-state index contributed by atoms with van der Waals surface area (Å²) in [6.07, 6.45) is 26.7. The Morgan fingerprint density at radius 2 is 0.793 bits per heavy atom. The lowest BCUT2D eigenvalue weighted by Crippen LogP contribution is -2.12. The number of ketones is 5. The standard InChI is InChI=1S/C19H17ClN4O.C19H16N2O2.C18H14FN3O2.C18H14N2O2.C16H11FN2O2S/c1-13-3-4-16(23-9-13)8-19(25)14-5-15(20)7-17(6-14)24(2)18-10-21-12-22-11-18;1-14-5-2-7-16(21-14)12-19(22)15-6-3-8-17(11-15)23-18-9-4-10-20-13-18;1-12-2-3-15(22-8-12)7-18(23)13-4-14(19)6-16(5-13)24-17-9-20-11-21-10-17;21-18(12-15-6-1-2-10-20-15)14-5-3-7-16(11-14)22-17-8-4-9-19-13-17;17-12-6-11(15(20)9-16-19-4-5-22-16)7-14(8-12)21-13-2-1-3-18-10-13/h3-7,9-12H,8H2,1-2H3;2-11,13H,12H2,1H3;2-6,8-11H,7H2,1H3;1-11,13H,12H2;1-8,10H,9H2. The Morgan fingerprint density at radius 1 is 0.353 bits per heavy atom. The second kappa shape index (κ2) is 42.2. The molecule has 5 aromatic carbocycles. The summed E-state index contributed by atoms with van der Waals surface area (Å²) < 4.78 is 49.9. The third-order valence-electron chi connectivity index (χ3n) is 16.4. The van der Waals surface area contributed by atoms with E-state index >= 15 is 0 Å². The van der Waals surface area contributed by atoms with E-state index in [2.05, 4.69) is 59.8 Å². The highest BCUT2D eigenvalue weighted by Gasteiger charge is 2.18. The molecule has 22 nitrogen and oxygen atoms in total. The molecular formula is C90H72ClF2N13O9S. The van der Waals surface area contributed by atoms with Crippen molar-refractivity contribution < 1.29 is 51.7 Å². The van der Waals surface area contributed by atoms with Gasteiger partial charge >= 0.3 is 0 Å². The van der Waals surface area contributed by atoms with Crippen molar-refractivity contribution in [1.29, 1.82) is 0 Å². The normalized spacial score (nSPS) is 10.4. The van der Waals surface area contributed by atoms with Crippen molar-refractivity contribution >= 4 is 63.2 Å². The number of benzene rings is 5. The van der Waals surface area contributed by atoms with Crippen LogP contribution in [0.25, 0.3) is 0 Å². The third kappa shape index (κ3) is 26.6. The highest BCUT2D eigenvalue weighted by molar-refractivity contribution is 7.09. The van der Waals surface area contributed by atoms with Gasteiger partial charge in [-0.05, 0) is 171 Å². The second-order valence-electron chi connectivity index (χ2n) is 25.5. The molecule has 15 aromatic rings.